The Morgan fingerprint density at radius 1 is 1.23 bits per heavy atom. The lowest BCUT2D eigenvalue weighted by Gasteiger charge is -2.34. The topological polar surface area (TPSA) is 102 Å². The molecule has 1 aliphatic heterocycles. The van der Waals surface area contributed by atoms with Crippen molar-refractivity contribution in [3.05, 3.63) is 52.7 Å². The second-order valence-corrected chi connectivity index (χ2v) is 9.46. The Morgan fingerprint density at radius 3 is 2.54 bits per heavy atom. The number of fused-ring (bicyclic) bond motifs is 1. The van der Waals surface area contributed by atoms with E-state index in [0.717, 1.165) is 12.1 Å². The number of carboxylic acids is 1. The number of carbonyl (C=O) groups is 2. The van der Waals surface area contributed by atoms with Crippen molar-refractivity contribution in [3.8, 4) is 11.3 Å². The number of ether oxygens (including phenoxy) is 2. The monoisotopic (exact) mass is 488 g/mol. The van der Waals surface area contributed by atoms with Gasteiger partial charge >= 0.3 is 12.1 Å². The standard InChI is InChI=1S/C25H26F2N2O6/c1-13-5-6-16-17(11-15-12-29(7-8-33-15)24(32)35-25(2,3)4)21(34-22(16)28-13)20-18(26)9-14(23(30)31)10-19(20)27/h5-6,9-10,15H,7-8,11-12H2,1-4H3,(H,30,31)/t15-/m0/s1. The normalized spacial score (nSPS) is 16.5. The van der Waals surface area contributed by atoms with Crippen LogP contribution in [0.2, 0.25) is 0 Å². The minimum Gasteiger partial charge on any atom is -0.478 e. The molecule has 1 aromatic carbocycles. The summed E-state index contributed by atoms with van der Waals surface area (Å²) in [5.74, 6) is -3.68. The fraction of sp³-hybridized carbons (Fsp3) is 0.400. The third-order valence-electron chi connectivity index (χ3n) is 5.54. The molecule has 0 radical (unpaired) electrons. The highest BCUT2D eigenvalue weighted by Gasteiger charge is 2.31. The molecule has 0 aliphatic carbocycles. The molecule has 8 nitrogen and oxygen atoms in total. The number of amides is 1. The summed E-state index contributed by atoms with van der Waals surface area (Å²) in [6.07, 6.45) is -0.797. The molecule has 0 spiro atoms. The summed E-state index contributed by atoms with van der Waals surface area (Å²) in [5.41, 5.74) is -0.365. The van der Waals surface area contributed by atoms with Crippen LogP contribution < -0.4 is 0 Å². The Hall–Kier alpha value is -3.53. The summed E-state index contributed by atoms with van der Waals surface area (Å²) in [6.45, 7) is 7.92. The average molecular weight is 488 g/mol. The highest BCUT2D eigenvalue weighted by atomic mass is 19.1. The van der Waals surface area contributed by atoms with Gasteiger partial charge in [0.25, 0.3) is 0 Å². The second kappa shape index (κ2) is 9.26. The number of benzene rings is 1. The molecule has 186 valence electrons. The van der Waals surface area contributed by atoms with Crippen LogP contribution in [0, 0.1) is 18.6 Å². The zero-order chi connectivity index (χ0) is 25.5. The first kappa shape index (κ1) is 24.6. The van der Waals surface area contributed by atoms with Crippen LogP contribution in [0.25, 0.3) is 22.4 Å². The molecule has 1 atom stereocenters. The number of halogens is 2. The van der Waals surface area contributed by atoms with Gasteiger partial charge in [-0.1, -0.05) is 0 Å². The molecule has 1 amide bonds. The van der Waals surface area contributed by atoms with E-state index < -0.39 is 46.5 Å². The van der Waals surface area contributed by atoms with E-state index in [-0.39, 0.29) is 31.0 Å². The zero-order valence-corrected chi connectivity index (χ0v) is 19.9. The predicted octanol–water partition coefficient (Wildman–Crippen LogP) is 4.96. The number of carbonyl (C=O) groups excluding carboxylic acids is 1. The molecule has 1 saturated heterocycles. The average Bonchev–Trinajstić information content (AvgIpc) is 3.09. The molecule has 3 heterocycles. The lowest BCUT2D eigenvalue weighted by molar-refractivity contribution is -0.0414. The van der Waals surface area contributed by atoms with E-state index in [1.807, 2.05) is 0 Å². The van der Waals surface area contributed by atoms with Crippen molar-refractivity contribution in [3.63, 3.8) is 0 Å². The van der Waals surface area contributed by atoms with Crippen LogP contribution in [0.15, 0.2) is 28.7 Å². The van der Waals surface area contributed by atoms with E-state index in [1.54, 1.807) is 39.8 Å². The number of aryl methyl sites for hydroxylation is 1. The number of hydrogen-bond acceptors (Lipinski definition) is 6. The fourth-order valence-corrected chi connectivity index (χ4v) is 4.00. The van der Waals surface area contributed by atoms with Crippen LogP contribution in [0.4, 0.5) is 13.6 Å². The maximum atomic E-state index is 15.0. The summed E-state index contributed by atoms with van der Waals surface area (Å²) < 4.78 is 47.1. The summed E-state index contributed by atoms with van der Waals surface area (Å²) in [4.78, 5) is 29.6. The number of pyridine rings is 1. The molecule has 0 saturated carbocycles. The summed E-state index contributed by atoms with van der Waals surface area (Å²) in [7, 11) is 0. The van der Waals surface area contributed by atoms with E-state index in [1.165, 1.54) is 4.90 Å². The van der Waals surface area contributed by atoms with Gasteiger partial charge in [-0.05, 0) is 52.0 Å². The maximum absolute atomic E-state index is 15.0. The number of furan rings is 1. The lowest BCUT2D eigenvalue weighted by Crippen LogP contribution is -2.48. The van der Waals surface area contributed by atoms with Crippen LogP contribution >= 0.6 is 0 Å². The van der Waals surface area contributed by atoms with Gasteiger partial charge in [0.15, 0.2) is 0 Å². The number of hydrogen-bond donors (Lipinski definition) is 1. The molecule has 0 unspecified atom stereocenters. The predicted molar refractivity (Wildman–Crippen MR) is 122 cm³/mol. The summed E-state index contributed by atoms with van der Waals surface area (Å²) in [5, 5.41) is 9.67. The van der Waals surface area contributed by atoms with E-state index in [4.69, 9.17) is 19.0 Å². The number of aromatic nitrogens is 1. The molecule has 1 fully saturated rings. The second-order valence-electron chi connectivity index (χ2n) is 9.46. The Balaban J connectivity index is 1.72. The van der Waals surface area contributed by atoms with Crippen molar-refractivity contribution in [2.45, 2.75) is 45.8 Å². The van der Waals surface area contributed by atoms with Gasteiger partial charge < -0.3 is 23.9 Å². The maximum Gasteiger partial charge on any atom is 0.410 e. The van der Waals surface area contributed by atoms with Gasteiger partial charge in [0, 0.05) is 29.6 Å². The largest absolute Gasteiger partial charge is 0.478 e. The van der Waals surface area contributed by atoms with Crippen LogP contribution in [-0.4, -0.2) is 58.5 Å². The summed E-state index contributed by atoms with van der Waals surface area (Å²) >= 11 is 0. The zero-order valence-electron chi connectivity index (χ0n) is 19.9. The number of aromatic carboxylic acids is 1. The first-order valence-corrected chi connectivity index (χ1v) is 11.1. The third kappa shape index (κ3) is 5.27. The Kier molecular flexibility index (Phi) is 6.50. The Morgan fingerprint density at radius 2 is 1.91 bits per heavy atom. The molecule has 3 aromatic rings. The quantitative estimate of drug-likeness (QED) is 0.554. The molecule has 1 aliphatic rings. The van der Waals surface area contributed by atoms with E-state index in [0.29, 0.717) is 23.2 Å². The Bertz CT molecular complexity index is 1270. The van der Waals surface area contributed by atoms with Crippen LogP contribution in [-0.2, 0) is 15.9 Å². The molecule has 2 aromatic heterocycles. The van der Waals surface area contributed by atoms with Gasteiger partial charge in [0.2, 0.25) is 5.71 Å². The highest BCUT2D eigenvalue weighted by Crippen LogP contribution is 2.37. The van der Waals surface area contributed by atoms with Gasteiger partial charge in [-0.2, -0.15) is 0 Å². The van der Waals surface area contributed by atoms with Crippen molar-refractivity contribution < 1.29 is 37.4 Å². The molecule has 1 N–H and O–H groups in total. The number of carboxylic acid groups (broad SMARTS) is 1. The van der Waals surface area contributed by atoms with Crippen molar-refractivity contribution in [2.75, 3.05) is 19.7 Å². The molecular weight excluding hydrogens is 462 g/mol. The van der Waals surface area contributed by atoms with Crippen molar-refractivity contribution >= 4 is 23.2 Å². The van der Waals surface area contributed by atoms with Gasteiger partial charge in [-0.15, -0.1) is 0 Å². The fourth-order valence-electron chi connectivity index (χ4n) is 4.00. The molecule has 10 heteroatoms. The SMILES string of the molecule is Cc1ccc2c(C[C@H]3CN(C(=O)OC(C)(C)C)CCO3)c(-c3c(F)cc(C(=O)O)cc3F)oc2n1. The first-order chi connectivity index (χ1) is 16.4. The Labute approximate surface area is 200 Å². The van der Waals surface area contributed by atoms with E-state index >= 15 is 0 Å². The van der Waals surface area contributed by atoms with Gasteiger partial charge in [-0.25, -0.2) is 23.4 Å². The molecular formula is C25H26F2N2O6. The number of rotatable bonds is 4. The van der Waals surface area contributed by atoms with Gasteiger partial charge in [0.1, 0.15) is 23.0 Å². The van der Waals surface area contributed by atoms with E-state index in [2.05, 4.69) is 4.98 Å². The molecule has 0 bridgehead atoms. The lowest BCUT2D eigenvalue weighted by atomic mass is 9.98. The molecule has 35 heavy (non-hydrogen) atoms. The van der Waals surface area contributed by atoms with Crippen molar-refractivity contribution in [1.82, 2.24) is 9.88 Å². The minimum atomic E-state index is -1.45. The van der Waals surface area contributed by atoms with Crippen LogP contribution in [0.1, 0.15) is 42.4 Å². The van der Waals surface area contributed by atoms with Crippen molar-refractivity contribution in [1.29, 1.82) is 0 Å². The number of nitrogens with zero attached hydrogens (tertiary/aromatic N) is 2. The van der Waals surface area contributed by atoms with Crippen LogP contribution in [0.5, 0.6) is 0 Å². The van der Waals surface area contributed by atoms with Crippen molar-refractivity contribution in [2.24, 2.45) is 0 Å². The van der Waals surface area contributed by atoms with E-state index in [9.17, 15) is 18.4 Å². The van der Waals surface area contributed by atoms with Gasteiger partial charge in [-0.3, -0.25) is 0 Å². The number of morpholine rings is 1. The smallest absolute Gasteiger partial charge is 0.410 e. The minimum absolute atomic E-state index is 0.0944. The highest BCUT2D eigenvalue weighted by molar-refractivity contribution is 5.90. The van der Waals surface area contributed by atoms with Gasteiger partial charge in [0.05, 0.1) is 30.4 Å². The van der Waals surface area contributed by atoms with Crippen LogP contribution in [0.3, 0.4) is 0 Å². The summed E-state index contributed by atoms with van der Waals surface area (Å²) in [6, 6.07) is 4.99. The third-order valence-corrected chi connectivity index (χ3v) is 5.54. The first-order valence-electron chi connectivity index (χ1n) is 11.1. The molecule has 4 rings (SSSR count).